The number of amidine groups is 1. The van der Waals surface area contributed by atoms with E-state index in [1.54, 1.807) is 63.5 Å². The van der Waals surface area contributed by atoms with Crippen LogP contribution in [0.4, 0.5) is 10.5 Å². The minimum Gasteiger partial charge on any atom is -0.444 e. The average molecular weight is 558 g/mol. The lowest BCUT2D eigenvalue weighted by atomic mass is 9.93. The van der Waals surface area contributed by atoms with Gasteiger partial charge in [-0.3, -0.25) is 34.4 Å². The number of dihydropyridines is 1. The van der Waals surface area contributed by atoms with Gasteiger partial charge in [0.05, 0.1) is 23.9 Å². The van der Waals surface area contributed by atoms with Crippen LogP contribution in [0.15, 0.2) is 76.2 Å². The summed E-state index contributed by atoms with van der Waals surface area (Å²) in [5.74, 6) is -1.27. The molecule has 2 aromatic rings. The van der Waals surface area contributed by atoms with E-state index in [4.69, 9.17) is 9.94 Å². The monoisotopic (exact) mass is 557 g/mol. The van der Waals surface area contributed by atoms with E-state index in [1.165, 1.54) is 18.3 Å². The molecule has 0 aliphatic carbocycles. The van der Waals surface area contributed by atoms with Gasteiger partial charge in [-0.1, -0.05) is 36.9 Å². The molecule has 0 spiro atoms. The maximum absolute atomic E-state index is 13.6. The summed E-state index contributed by atoms with van der Waals surface area (Å²) >= 11 is 0. The molecule has 1 aromatic heterocycles. The minimum absolute atomic E-state index is 0.0262. The van der Waals surface area contributed by atoms with Gasteiger partial charge in [-0.05, 0) is 56.5 Å². The number of ether oxygens (including phenoxy) is 1. The number of sulfonamides is 1. The zero-order chi connectivity index (χ0) is 29.0. The quantitative estimate of drug-likeness (QED) is 0.300. The molecular formula is C26H31N5O7S. The van der Waals surface area contributed by atoms with Crippen molar-refractivity contribution in [1.29, 1.82) is 0 Å². The molecule has 2 heterocycles. The van der Waals surface area contributed by atoms with Gasteiger partial charge in [0.1, 0.15) is 11.3 Å². The van der Waals surface area contributed by atoms with E-state index in [1.807, 2.05) is 0 Å². The van der Waals surface area contributed by atoms with Gasteiger partial charge in [0, 0.05) is 6.20 Å². The number of nitrogens with one attached hydrogen (secondary N) is 3. The summed E-state index contributed by atoms with van der Waals surface area (Å²) in [5, 5.41) is 11.7. The van der Waals surface area contributed by atoms with Crippen LogP contribution >= 0.6 is 0 Å². The molecule has 4 N–H and O–H groups in total. The highest BCUT2D eigenvalue weighted by molar-refractivity contribution is 7.91. The van der Waals surface area contributed by atoms with Crippen LogP contribution in [0, 0.1) is 0 Å². The first-order valence-corrected chi connectivity index (χ1v) is 13.6. The number of hydrogen-bond acceptors (Lipinski definition) is 8. The zero-order valence-corrected chi connectivity index (χ0v) is 22.8. The molecular weight excluding hydrogens is 526 g/mol. The van der Waals surface area contributed by atoms with Crippen molar-refractivity contribution in [2.24, 2.45) is 4.99 Å². The van der Waals surface area contributed by atoms with Crippen LogP contribution in [-0.4, -0.2) is 47.7 Å². The van der Waals surface area contributed by atoms with Gasteiger partial charge < -0.3 is 4.74 Å². The Morgan fingerprint density at radius 1 is 1.15 bits per heavy atom. The smallest absolute Gasteiger partial charge is 0.413 e. The lowest BCUT2D eigenvalue weighted by molar-refractivity contribution is -0.128. The topological polar surface area (TPSA) is 168 Å². The summed E-state index contributed by atoms with van der Waals surface area (Å²) in [6, 6.07) is 10.6. The number of carbonyl (C=O) groups is 2. The van der Waals surface area contributed by atoms with Crippen molar-refractivity contribution in [3.63, 3.8) is 0 Å². The molecule has 1 unspecified atom stereocenters. The number of alkyl carbamates (subject to hydrolysis) is 1. The fourth-order valence-corrected chi connectivity index (χ4v) is 4.97. The molecule has 0 saturated heterocycles. The highest BCUT2D eigenvalue weighted by Crippen LogP contribution is 2.30. The second-order valence-corrected chi connectivity index (χ2v) is 11.5. The number of rotatable bonds is 7. The largest absolute Gasteiger partial charge is 0.444 e. The number of benzene rings is 1. The zero-order valence-electron chi connectivity index (χ0n) is 22.0. The Kier molecular flexibility index (Phi) is 8.77. The van der Waals surface area contributed by atoms with Gasteiger partial charge >= 0.3 is 6.09 Å². The molecule has 13 heteroatoms. The summed E-state index contributed by atoms with van der Waals surface area (Å²) < 4.78 is 34.4. The number of carbonyl (C=O) groups excluding carboxylic acids is 2. The van der Waals surface area contributed by atoms with Crippen molar-refractivity contribution in [3.05, 3.63) is 82.3 Å². The lowest BCUT2D eigenvalue weighted by Gasteiger charge is -2.28. The Morgan fingerprint density at radius 2 is 1.82 bits per heavy atom. The normalized spacial score (nSPS) is 15.9. The van der Waals surface area contributed by atoms with Crippen molar-refractivity contribution in [1.82, 2.24) is 15.4 Å². The molecule has 0 bridgehead atoms. The number of pyridine rings is 1. The third-order valence-corrected chi connectivity index (χ3v) is 6.70. The van der Waals surface area contributed by atoms with Crippen molar-refractivity contribution in [2.45, 2.75) is 51.5 Å². The second kappa shape index (κ2) is 11.7. The van der Waals surface area contributed by atoms with Crippen LogP contribution in [0.5, 0.6) is 0 Å². The maximum Gasteiger partial charge on any atom is 0.413 e. The summed E-state index contributed by atoms with van der Waals surface area (Å²) in [6.07, 6.45) is 0.0525. The fourth-order valence-electron chi connectivity index (χ4n) is 3.77. The second-order valence-electron chi connectivity index (χ2n) is 9.79. The molecule has 0 fully saturated rings. The van der Waals surface area contributed by atoms with Crippen LogP contribution in [0.2, 0.25) is 0 Å². The number of aliphatic imine (C=N–C) groups is 1. The molecule has 1 aliphatic heterocycles. The van der Waals surface area contributed by atoms with Gasteiger partial charge in [-0.25, -0.2) is 18.7 Å². The van der Waals surface area contributed by atoms with E-state index in [2.05, 4.69) is 21.6 Å². The van der Waals surface area contributed by atoms with Crippen LogP contribution in [0.25, 0.3) is 5.70 Å². The molecule has 12 nitrogen and oxygen atoms in total. The van der Waals surface area contributed by atoms with Crippen LogP contribution < -0.4 is 21.1 Å². The van der Waals surface area contributed by atoms with Gasteiger partial charge in [-0.2, -0.15) is 0 Å². The standard InChI is InChI=1S/C26H31N5O7S/c1-16-17(2)27-23(28-25(34)38-26(3,4)5)22(19(16)14-21(32)29-35)31-13-9-12-20(24(31)33)30-39(36,37)15-18-10-7-6-8-11-18/h6-13,17,30,35H,1,14-15H2,2-5H3,(H,29,32)(H,27,28,34). The van der Waals surface area contributed by atoms with Crippen molar-refractivity contribution in [3.8, 4) is 0 Å². The van der Waals surface area contributed by atoms with Crippen LogP contribution in [0.1, 0.15) is 39.7 Å². The average Bonchev–Trinajstić information content (AvgIpc) is 2.83. The molecule has 1 atom stereocenters. The SMILES string of the molecule is C=C1C(CC(=O)NO)=C(n2cccc(NS(=O)(=O)Cc3ccccc3)c2=O)C(NC(=O)OC(C)(C)C)=NC1C. The van der Waals surface area contributed by atoms with Gasteiger partial charge in [-0.15, -0.1) is 0 Å². The Labute approximate surface area is 226 Å². The number of aromatic nitrogens is 1. The molecule has 2 amide bonds. The third-order valence-electron chi connectivity index (χ3n) is 5.46. The molecule has 3 rings (SSSR count). The van der Waals surface area contributed by atoms with E-state index in [-0.39, 0.29) is 28.5 Å². The van der Waals surface area contributed by atoms with E-state index in [0.29, 0.717) is 11.1 Å². The number of hydroxylamine groups is 1. The van der Waals surface area contributed by atoms with E-state index >= 15 is 0 Å². The van der Waals surface area contributed by atoms with Crippen molar-refractivity contribution < 1.29 is 28.0 Å². The number of nitrogens with zero attached hydrogens (tertiary/aromatic N) is 2. The maximum atomic E-state index is 13.6. The van der Waals surface area contributed by atoms with Crippen molar-refractivity contribution in [2.75, 3.05) is 4.72 Å². The minimum atomic E-state index is -3.98. The van der Waals surface area contributed by atoms with Gasteiger partial charge in [0.2, 0.25) is 15.9 Å². The Hall–Kier alpha value is -4.23. The van der Waals surface area contributed by atoms with E-state index in [9.17, 15) is 22.8 Å². The summed E-state index contributed by atoms with van der Waals surface area (Å²) in [4.78, 5) is 42.8. The van der Waals surface area contributed by atoms with Gasteiger partial charge in [0.15, 0.2) is 5.84 Å². The fraction of sp³-hybridized carbons (Fsp3) is 0.308. The summed E-state index contributed by atoms with van der Waals surface area (Å²) in [5.41, 5.74) is 0.675. The van der Waals surface area contributed by atoms with Crippen LogP contribution in [-0.2, 0) is 25.3 Å². The highest BCUT2D eigenvalue weighted by Gasteiger charge is 2.31. The van der Waals surface area contributed by atoms with E-state index < -0.39 is 45.6 Å². The first-order valence-electron chi connectivity index (χ1n) is 11.9. The van der Waals surface area contributed by atoms with Gasteiger partial charge in [0.25, 0.3) is 5.56 Å². The number of anilines is 1. The number of amides is 2. The lowest BCUT2D eigenvalue weighted by Crippen LogP contribution is -2.42. The molecule has 1 aliphatic rings. The highest BCUT2D eigenvalue weighted by atomic mass is 32.2. The summed E-state index contributed by atoms with van der Waals surface area (Å²) in [7, 11) is -3.98. The first-order chi connectivity index (χ1) is 18.2. The van der Waals surface area contributed by atoms with Crippen LogP contribution in [0.3, 0.4) is 0 Å². The molecule has 208 valence electrons. The summed E-state index contributed by atoms with van der Waals surface area (Å²) in [6.45, 7) is 10.7. The third kappa shape index (κ3) is 7.65. The number of hydrogen-bond donors (Lipinski definition) is 4. The molecule has 0 radical (unpaired) electrons. The molecule has 1 aromatic carbocycles. The molecule has 0 saturated carbocycles. The van der Waals surface area contributed by atoms with E-state index in [0.717, 1.165) is 4.57 Å². The predicted molar refractivity (Wildman–Crippen MR) is 147 cm³/mol. The van der Waals surface area contributed by atoms with Crippen molar-refractivity contribution >= 4 is 39.2 Å². The Morgan fingerprint density at radius 3 is 2.44 bits per heavy atom. The molecule has 39 heavy (non-hydrogen) atoms. The first kappa shape index (κ1) is 29.3. The predicted octanol–water partition coefficient (Wildman–Crippen LogP) is 2.78. The Bertz CT molecular complexity index is 1500. The Balaban J connectivity index is 2.11.